The van der Waals surface area contributed by atoms with Crippen LogP contribution in [0.25, 0.3) is 0 Å². The summed E-state index contributed by atoms with van der Waals surface area (Å²) in [6.45, 7) is 8.36. The first-order valence-corrected chi connectivity index (χ1v) is 7.08. The van der Waals surface area contributed by atoms with Crippen molar-refractivity contribution in [1.29, 1.82) is 0 Å². The van der Waals surface area contributed by atoms with Gasteiger partial charge in [0.15, 0.2) is 5.78 Å². The third-order valence-electron chi connectivity index (χ3n) is 5.73. The molecule has 0 bridgehead atoms. The molecular formula is C15H26O3. The number of rotatable bonds is 1. The second kappa shape index (κ2) is 4.31. The fourth-order valence-corrected chi connectivity index (χ4v) is 4.84. The third-order valence-corrected chi connectivity index (χ3v) is 5.73. The van der Waals surface area contributed by atoms with Crippen molar-refractivity contribution in [2.45, 2.75) is 53.1 Å². The van der Waals surface area contributed by atoms with Crippen LogP contribution in [0, 0.1) is 28.6 Å². The molecule has 0 saturated heterocycles. The zero-order valence-electron chi connectivity index (χ0n) is 11.9. The average molecular weight is 254 g/mol. The molecule has 2 saturated carbocycles. The van der Waals surface area contributed by atoms with Crippen LogP contribution in [0.2, 0.25) is 0 Å². The number of Topliss-reactive ketones (excluding diaryl/α,β-unsaturated/α-hetero) is 1. The zero-order valence-corrected chi connectivity index (χ0v) is 11.9. The van der Waals surface area contributed by atoms with E-state index >= 15 is 0 Å². The van der Waals surface area contributed by atoms with Gasteiger partial charge in [-0.1, -0.05) is 34.1 Å². The molecule has 2 rings (SSSR count). The highest BCUT2D eigenvalue weighted by atomic mass is 16.3. The molecule has 3 heteroatoms. The lowest BCUT2D eigenvalue weighted by Gasteiger charge is -2.58. The lowest BCUT2D eigenvalue weighted by atomic mass is 9.46. The maximum atomic E-state index is 12.5. The predicted octanol–water partition coefficient (Wildman–Crippen LogP) is 2.01. The topological polar surface area (TPSA) is 57.5 Å². The maximum absolute atomic E-state index is 12.5. The minimum absolute atomic E-state index is 0.000556. The first-order valence-electron chi connectivity index (χ1n) is 7.08. The van der Waals surface area contributed by atoms with Crippen LogP contribution in [0.3, 0.4) is 0 Å². The summed E-state index contributed by atoms with van der Waals surface area (Å²) in [5.41, 5.74) is -0.231. The van der Waals surface area contributed by atoms with E-state index in [2.05, 4.69) is 20.8 Å². The van der Waals surface area contributed by atoms with Gasteiger partial charge in [-0.2, -0.15) is 0 Å². The van der Waals surface area contributed by atoms with Crippen molar-refractivity contribution in [2.75, 3.05) is 6.61 Å². The van der Waals surface area contributed by atoms with Crippen LogP contribution in [0.5, 0.6) is 0 Å². The minimum atomic E-state index is -0.905. The Morgan fingerprint density at radius 2 is 1.89 bits per heavy atom. The Morgan fingerprint density at radius 1 is 1.28 bits per heavy atom. The van der Waals surface area contributed by atoms with Crippen molar-refractivity contribution in [3.8, 4) is 0 Å². The Bertz CT molecular complexity index is 350. The summed E-state index contributed by atoms with van der Waals surface area (Å²) in [7, 11) is 0. The normalized spacial score (nSPS) is 47.8. The zero-order chi connectivity index (χ0) is 13.7. The molecule has 2 aliphatic carbocycles. The Kier molecular flexibility index (Phi) is 3.35. The average Bonchev–Trinajstić information content (AvgIpc) is 2.25. The van der Waals surface area contributed by atoms with Crippen molar-refractivity contribution in [3.05, 3.63) is 0 Å². The molecule has 5 atom stereocenters. The molecule has 2 N–H and O–H groups in total. The molecular weight excluding hydrogens is 228 g/mol. The number of carbonyl (C=O) groups is 1. The number of aliphatic hydroxyl groups excluding tert-OH is 2. The number of carbonyl (C=O) groups excluding carboxylic acids is 1. The molecule has 2 aliphatic rings. The minimum Gasteiger partial charge on any atom is -0.396 e. The number of hydrogen-bond donors (Lipinski definition) is 2. The summed E-state index contributed by atoms with van der Waals surface area (Å²) in [6.07, 6.45) is 2.21. The molecule has 3 nitrogen and oxygen atoms in total. The number of ketones is 1. The summed E-state index contributed by atoms with van der Waals surface area (Å²) in [6, 6.07) is 0. The molecule has 0 aromatic heterocycles. The quantitative estimate of drug-likeness (QED) is 0.752. The fraction of sp³-hybridized carbons (Fsp3) is 0.933. The van der Waals surface area contributed by atoms with E-state index in [9.17, 15) is 15.0 Å². The van der Waals surface area contributed by atoms with Gasteiger partial charge in [0.1, 0.15) is 6.10 Å². The van der Waals surface area contributed by atoms with E-state index in [1.165, 1.54) is 0 Å². The molecule has 0 spiro atoms. The van der Waals surface area contributed by atoms with Crippen molar-refractivity contribution in [2.24, 2.45) is 28.6 Å². The van der Waals surface area contributed by atoms with Crippen LogP contribution in [0.15, 0.2) is 0 Å². The van der Waals surface area contributed by atoms with Gasteiger partial charge in [0.25, 0.3) is 0 Å². The Hall–Kier alpha value is -0.410. The molecule has 104 valence electrons. The van der Waals surface area contributed by atoms with Crippen LogP contribution < -0.4 is 0 Å². The van der Waals surface area contributed by atoms with Crippen LogP contribution >= 0.6 is 0 Å². The smallest absolute Gasteiger partial charge is 0.165 e. The van der Waals surface area contributed by atoms with Gasteiger partial charge in [-0.15, -0.1) is 0 Å². The highest BCUT2D eigenvalue weighted by molar-refractivity contribution is 5.88. The fourth-order valence-electron chi connectivity index (χ4n) is 4.84. The first kappa shape index (κ1) is 14.0. The molecule has 2 fully saturated rings. The van der Waals surface area contributed by atoms with Crippen LogP contribution in [0.4, 0.5) is 0 Å². The highest BCUT2D eigenvalue weighted by Crippen LogP contribution is 2.59. The van der Waals surface area contributed by atoms with E-state index in [-0.39, 0.29) is 41.0 Å². The summed E-state index contributed by atoms with van der Waals surface area (Å²) in [5, 5.41) is 19.9. The lowest BCUT2D eigenvalue weighted by molar-refractivity contribution is -0.174. The number of aliphatic hydroxyl groups is 2. The molecule has 0 aromatic rings. The Morgan fingerprint density at radius 3 is 2.44 bits per heavy atom. The van der Waals surface area contributed by atoms with Gasteiger partial charge in [0.05, 0.1) is 0 Å². The van der Waals surface area contributed by atoms with Gasteiger partial charge < -0.3 is 10.2 Å². The van der Waals surface area contributed by atoms with Crippen molar-refractivity contribution in [1.82, 2.24) is 0 Å². The SMILES string of the molecule is C[C@H]1[C@@H](O)C(=O)[C@@H]2C(C)(C)CCC[C@]2(C)[C@H]1CO. The van der Waals surface area contributed by atoms with Crippen molar-refractivity contribution >= 4 is 5.78 Å². The van der Waals surface area contributed by atoms with Crippen LogP contribution in [-0.4, -0.2) is 28.7 Å². The highest BCUT2D eigenvalue weighted by Gasteiger charge is 2.60. The monoisotopic (exact) mass is 254 g/mol. The maximum Gasteiger partial charge on any atom is 0.165 e. The summed E-state index contributed by atoms with van der Waals surface area (Å²) in [5.74, 6) is -0.242. The number of hydrogen-bond acceptors (Lipinski definition) is 3. The van der Waals surface area contributed by atoms with E-state index in [1.807, 2.05) is 6.92 Å². The van der Waals surface area contributed by atoms with E-state index in [1.54, 1.807) is 0 Å². The summed E-state index contributed by atoms with van der Waals surface area (Å²) >= 11 is 0. The molecule has 0 aromatic carbocycles. The molecule has 0 aliphatic heterocycles. The van der Waals surface area contributed by atoms with Gasteiger partial charge >= 0.3 is 0 Å². The Labute approximate surface area is 110 Å². The van der Waals surface area contributed by atoms with Crippen LogP contribution in [0.1, 0.15) is 47.0 Å². The van der Waals surface area contributed by atoms with Crippen molar-refractivity contribution < 1.29 is 15.0 Å². The predicted molar refractivity (Wildman–Crippen MR) is 70.0 cm³/mol. The molecule has 0 amide bonds. The number of fused-ring (bicyclic) bond motifs is 1. The third kappa shape index (κ3) is 1.75. The molecule has 0 heterocycles. The van der Waals surface area contributed by atoms with Crippen molar-refractivity contribution in [3.63, 3.8) is 0 Å². The van der Waals surface area contributed by atoms with Gasteiger partial charge in [0, 0.05) is 12.5 Å². The summed E-state index contributed by atoms with van der Waals surface area (Å²) in [4.78, 5) is 12.5. The van der Waals surface area contributed by atoms with E-state index in [4.69, 9.17) is 0 Å². The van der Waals surface area contributed by atoms with E-state index in [0.717, 1.165) is 19.3 Å². The van der Waals surface area contributed by atoms with E-state index in [0.29, 0.717) is 0 Å². The molecule has 0 radical (unpaired) electrons. The van der Waals surface area contributed by atoms with Gasteiger partial charge in [0.2, 0.25) is 0 Å². The lowest BCUT2D eigenvalue weighted by Crippen LogP contribution is -2.61. The van der Waals surface area contributed by atoms with Gasteiger partial charge in [-0.25, -0.2) is 0 Å². The molecule has 0 unspecified atom stereocenters. The standard InChI is InChI=1S/C15H26O3/c1-9-10(8-16)15(4)7-5-6-14(2,3)13(15)12(18)11(9)17/h9-11,13,16-17H,5-8H2,1-4H3/t9-,10+,11-,13-,15-/m1/s1. The second-order valence-electron chi connectivity index (χ2n) is 7.28. The van der Waals surface area contributed by atoms with Gasteiger partial charge in [-0.3, -0.25) is 4.79 Å². The summed E-state index contributed by atoms with van der Waals surface area (Å²) < 4.78 is 0. The second-order valence-corrected chi connectivity index (χ2v) is 7.28. The first-order chi connectivity index (χ1) is 8.25. The Balaban J connectivity index is 2.48. The van der Waals surface area contributed by atoms with E-state index < -0.39 is 6.10 Å². The van der Waals surface area contributed by atoms with Gasteiger partial charge in [-0.05, 0) is 35.5 Å². The molecule has 18 heavy (non-hydrogen) atoms. The largest absolute Gasteiger partial charge is 0.396 e. The van der Waals surface area contributed by atoms with Crippen LogP contribution in [-0.2, 0) is 4.79 Å².